The van der Waals surface area contributed by atoms with Crippen LogP contribution < -0.4 is 10.6 Å². The number of nitrogens with zero attached hydrogens (tertiary/aromatic N) is 2. The van der Waals surface area contributed by atoms with Crippen molar-refractivity contribution >= 4 is 17.7 Å². The van der Waals surface area contributed by atoms with Gasteiger partial charge in [0.2, 0.25) is 11.8 Å². The lowest BCUT2D eigenvalue weighted by Gasteiger charge is -2.34. The van der Waals surface area contributed by atoms with E-state index in [4.69, 9.17) is 0 Å². The highest BCUT2D eigenvalue weighted by atomic mass is 16.2. The summed E-state index contributed by atoms with van der Waals surface area (Å²) in [5.74, 6) is -0.0162. The largest absolute Gasteiger partial charge is 0.355 e. The zero-order valence-electron chi connectivity index (χ0n) is 17.4. The summed E-state index contributed by atoms with van der Waals surface area (Å²) in [5.41, 5.74) is 1.12. The molecule has 2 rings (SSSR count). The number of amides is 3. The van der Waals surface area contributed by atoms with Crippen LogP contribution in [0.5, 0.6) is 0 Å². The maximum Gasteiger partial charge on any atom is 0.253 e. The molecule has 1 saturated heterocycles. The molecule has 1 fully saturated rings. The van der Waals surface area contributed by atoms with Gasteiger partial charge in [0, 0.05) is 63.7 Å². The summed E-state index contributed by atoms with van der Waals surface area (Å²) in [4.78, 5) is 39.9. The van der Waals surface area contributed by atoms with Gasteiger partial charge in [-0.3, -0.25) is 19.3 Å². The maximum absolute atomic E-state index is 12.8. The van der Waals surface area contributed by atoms with Gasteiger partial charge in [-0.25, -0.2) is 0 Å². The van der Waals surface area contributed by atoms with Gasteiger partial charge in [0.25, 0.3) is 5.91 Å². The number of piperazine rings is 1. The lowest BCUT2D eigenvalue weighted by Crippen LogP contribution is -2.50. The first-order valence-electron chi connectivity index (χ1n) is 9.80. The van der Waals surface area contributed by atoms with E-state index in [-0.39, 0.29) is 17.7 Å². The van der Waals surface area contributed by atoms with Gasteiger partial charge >= 0.3 is 0 Å². The zero-order chi connectivity index (χ0) is 20.7. The number of carbonyl (C=O) groups is 3. The summed E-state index contributed by atoms with van der Waals surface area (Å²) in [7, 11) is 0. The Balaban J connectivity index is 1.86. The van der Waals surface area contributed by atoms with E-state index >= 15 is 0 Å². The molecule has 1 aliphatic heterocycles. The molecule has 0 aromatic heterocycles. The molecule has 3 amide bonds. The average molecular weight is 389 g/mol. The molecule has 0 unspecified atom stereocenters. The molecular formula is C21H32N4O3. The highest BCUT2D eigenvalue weighted by molar-refractivity contribution is 5.94. The predicted molar refractivity (Wildman–Crippen MR) is 109 cm³/mol. The van der Waals surface area contributed by atoms with Gasteiger partial charge in [0.1, 0.15) is 0 Å². The fourth-order valence-corrected chi connectivity index (χ4v) is 3.01. The molecule has 1 aromatic rings. The van der Waals surface area contributed by atoms with Crippen LogP contribution in [-0.4, -0.2) is 66.8 Å². The minimum atomic E-state index is -0.437. The molecule has 154 valence electrons. The lowest BCUT2D eigenvalue weighted by molar-refractivity contribution is -0.128. The monoisotopic (exact) mass is 388 g/mol. The molecule has 0 bridgehead atoms. The Morgan fingerprint density at radius 2 is 1.71 bits per heavy atom. The molecule has 1 aliphatic rings. The number of carbonyl (C=O) groups excluding carboxylic acids is 3. The highest BCUT2D eigenvalue weighted by Gasteiger charge is 2.23. The molecule has 2 N–H and O–H groups in total. The molecular weight excluding hydrogens is 356 g/mol. The first-order chi connectivity index (χ1) is 13.2. The smallest absolute Gasteiger partial charge is 0.253 e. The van der Waals surface area contributed by atoms with Crippen molar-refractivity contribution in [2.45, 2.75) is 34.2 Å². The van der Waals surface area contributed by atoms with Crippen molar-refractivity contribution in [2.24, 2.45) is 5.41 Å². The van der Waals surface area contributed by atoms with Crippen LogP contribution in [0.1, 0.15) is 43.6 Å². The van der Waals surface area contributed by atoms with Crippen molar-refractivity contribution in [2.75, 3.05) is 39.3 Å². The first-order valence-corrected chi connectivity index (χ1v) is 9.80. The minimum Gasteiger partial charge on any atom is -0.355 e. The van der Waals surface area contributed by atoms with Crippen LogP contribution in [-0.2, 0) is 16.1 Å². The summed E-state index contributed by atoms with van der Waals surface area (Å²) < 4.78 is 0. The first kappa shape index (κ1) is 21.9. The second kappa shape index (κ2) is 9.68. The van der Waals surface area contributed by atoms with E-state index in [1.54, 1.807) is 0 Å². The number of rotatable bonds is 6. The summed E-state index contributed by atoms with van der Waals surface area (Å²) in [6, 6.07) is 7.45. The van der Waals surface area contributed by atoms with Gasteiger partial charge < -0.3 is 15.5 Å². The van der Waals surface area contributed by atoms with E-state index in [0.29, 0.717) is 31.7 Å². The summed E-state index contributed by atoms with van der Waals surface area (Å²) in [6.45, 7) is 11.9. The highest BCUT2D eigenvalue weighted by Crippen LogP contribution is 2.14. The maximum atomic E-state index is 12.8. The molecule has 0 aliphatic carbocycles. The predicted octanol–water partition coefficient (Wildman–Crippen LogP) is 1.24. The van der Waals surface area contributed by atoms with Crippen LogP contribution in [0.4, 0.5) is 0 Å². The molecule has 1 aromatic carbocycles. The Bertz CT molecular complexity index is 704. The molecule has 1 heterocycles. The normalized spacial score (nSPS) is 15.2. The van der Waals surface area contributed by atoms with E-state index in [0.717, 1.165) is 25.2 Å². The van der Waals surface area contributed by atoms with Crippen molar-refractivity contribution in [3.8, 4) is 0 Å². The molecule has 0 atom stereocenters. The second-order valence-electron chi connectivity index (χ2n) is 8.25. The van der Waals surface area contributed by atoms with E-state index in [9.17, 15) is 14.4 Å². The van der Waals surface area contributed by atoms with E-state index in [1.807, 2.05) is 49.9 Å². The third-order valence-electron chi connectivity index (χ3n) is 4.77. The Morgan fingerprint density at radius 1 is 1.04 bits per heavy atom. The van der Waals surface area contributed by atoms with Crippen LogP contribution in [0.2, 0.25) is 0 Å². The van der Waals surface area contributed by atoms with Gasteiger partial charge in [-0.2, -0.15) is 0 Å². The number of nitrogens with one attached hydrogen (secondary N) is 2. The van der Waals surface area contributed by atoms with Gasteiger partial charge in [-0.05, 0) is 17.7 Å². The quantitative estimate of drug-likeness (QED) is 0.768. The third kappa shape index (κ3) is 6.64. The minimum absolute atomic E-state index is 0.0142. The Hall–Kier alpha value is -2.41. The topological polar surface area (TPSA) is 81.8 Å². The lowest BCUT2D eigenvalue weighted by atomic mass is 9.95. The van der Waals surface area contributed by atoms with Crippen LogP contribution in [0.3, 0.4) is 0 Å². The van der Waals surface area contributed by atoms with Crippen molar-refractivity contribution < 1.29 is 14.4 Å². The number of hydrogen-bond donors (Lipinski definition) is 2. The zero-order valence-corrected chi connectivity index (χ0v) is 17.4. The molecule has 7 heteroatoms. The van der Waals surface area contributed by atoms with E-state index in [2.05, 4.69) is 15.5 Å². The fourth-order valence-electron chi connectivity index (χ4n) is 3.01. The van der Waals surface area contributed by atoms with Crippen molar-refractivity contribution in [3.63, 3.8) is 0 Å². The van der Waals surface area contributed by atoms with Crippen LogP contribution in [0.25, 0.3) is 0 Å². The van der Waals surface area contributed by atoms with Crippen LogP contribution in [0.15, 0.2) is 24.3 Å². The van der Waals surface area contributed by atoms with Gasteiger partial charge in [-0.15, -0.1) is 0 Å². The number of benzene rings is 1. The fraction of sp³-hybridized carbons (Fsp3) is 0.571. The van der Waals surface area contributed by atoms with Gasteiger partial charge in [-0.1, -0.05) is 32.9 Å². The van der Waals surface area contributed by atoms with Crippen LogP contribution >= 0.6 is 0 Å². The molecule has 0 spiro atoms. The number of hydrogen-bond acceptors (Lipinski definition) is 4. The van der Waals surface area contributed by atoms with Crippen molar-refractivity contribution in [1.29, 1.82) is 0 Å². The summed E-state index contributed by atoms with van der Waals surface area (Å²) >= 11 is 0. The Kier molecular flexibility index (Phi) is 7.57. The van der Waals surface area contributed by atoms with Gasteiger partial charge in [0.15, 0.2) is 0 Å². The molecule has 28 heavy (non-hydrogen) atoms. The van der Waals surface area contributed by atoms with Crippen molar-refractivity contribution in [1.82, 2.24) is 20.4 Å². The Morgan fingerprint density at radius 3 is 2.32 bits per heavy atom. The van der Waals surface area contributed by atoms with E-state index in [1.165, 1.54) is 6.92 Å². The Labute approximate surface area is 167 Å². The molecule has 0 saturated carbocycles. The van der Waals surface area contributed by atoms with Crippen LogP contribution in [0, 0.1) is 5.41 Å². The average Bonchev–Trinajstić information content (AvgIpc) is 2.65. The standard InChI is InChI=1S/C21H32N4O3/c1-16(26)22-8-9-24-10-12-25(13-11-24)19(27)18-7-5-6-17(14-18)15-23-20(28)21(2,3)4/h5-7,14H,8-13,15H2,1-4H3,(H,22,26)(H,23,28). The van der Waals surface area contributed by atoms with Crippen molar-refractivity contribution in [3.05, 3.63) is 35.4 Å². The van der Waals surface area contributed by atoms with Gasteiger partial charge in [0.05, 0.1) is 0 Å². The third-order valence-corrected chi connectivity index (χ3v) is 4.77. The van der Waals surface area contributed by atoms with E-state index < -0.39 is 5.41 Å². The molecule has 7 nitrogen and oxygen atoms in total. The molecule has 0 radical (unpaired) electrons. The SMILES string of the molecule is CC(=O)NCCN1CCN(C(=O)c2cccc(CNC(=O)C(C)(C)C)c2)CC1. The summed E-state index contributed by atoms with van der Waals surface area (Å²) in [5, 5.41) is 5.71. The summed E-state index contributed by atoms with van der Waals surface area (Å²) in [6.07, 6.45) is 0. The second-order valence-corrected chi connectivity index (χ2v) is 8.25.